The fraction of sp³-hybridized carbons (Fsp3) is 0.516. The first-order valence-corrected chi connectivity index (χ1v) is 13.2. The standard InChI is InChI=1S/C31H37F3O6/c1-3-10-22(11-4-2)20-40-30(38)15-8-6-5-7-14-26-27(29(37)19-28(26)36)17-16-24(35)21-39-25-13-9-12-23(18-25)31(32,33)34/h1-2,5,7,9,12-13,16-18,22,24,26-29,35-37H,6,8,10-11,14-15,19-21H2/b7-5-,17-16+/t24?,26-,27-,28+,29-/m1/s1. The van der Waals surface area contributed by atoms with Crippen molar-refractivity contribution in [2.24, 2.45) is 17.8 Å². The number of terminal acetylenes is 2. The number of hydrogen-bond donors (Lipinski definition) is 3. The van der Waals surface area contributed by atoms with Crippen LogP contribution in [0.25, 0.3) is 0 Å². The molecule has 1 aromatic carbocycles. The number of ether oxygens (including phenoxy) is 2. The van der Waals surface area contributed by atoms with Crippen molar-refractivity contribution in [2.75, 3.05) is 13.2 Å². The fourth-order valence-corrected chi connectivity index (χ4v) is 4.50. The van der Waals surface area contributed by atoms with Crippen molar-refractivity contribution in [3.8, 4) is 30.4 Å². The molecule has 0 bridgehead atoms. The summed E-state index contributed by atoms with van der Waals surface area (Å²) >= 11 is 0. The van der Waals surface area contributed by atoms with Gasteiger partial charge in [-0.2, -0.15) is 13.2 Å². The number of hydrogen-bond acceptors (Lipinski definition) is 6. The second kappa shape index (κ2) is 16.8. The fourth-order valence-electron chi connectivity index (χ4n) is 4.50. The molecule has 1 aliphatic rings. The number of aliphatic hydroxyl groups is 3. The van der Waals surface area contributed by atoms with E-state index in [0.717, 1.165) is 12.1 Å². The number of carbonyl (C=O) groups is 1. The van der Waals surface area contributed by atoms with Gasteiger partial charge < -0.3 is 24.8 Å². The second-order valence-corrected chi connectivity index (χ2v) is 9.87. The van der Waals surface area contributed by atoms with E-state index < -0.39 is 36.0 Å². The summed E-state index contributed by atoms with van der Waals surface area (Å²) in [4.78, 5) is 11.9. The Bertz CT molecular complexity index is 1050. The van der Waals surface area contributed by atoms with Crippen LogP contribution in [0.3, 0.4) is 0 Å². The van der Waals surface area contributed by atoms with E-state index in [4.69, 9.17) is 22.3 Å². The monoisotopic (exact) mass is 562 g/mol. The van der Waals surface area contributed by atoms with Crippen LogP contribution in [0.2, 0.25) is 0 Å². The van der Waals surface area contributed by atoms with Gasteiger partial charge in [-0.3, -0.25) is 4.79 Å². The Hall–Kier alpha value is -3.24. The number of carbonyl (C=O) groups excluding carboxylic acids is 1. The van der Waals surface area contributed by atoms with Crippen LogP contribution in [0.1, 0.15) is 50.5 Å². The van der Waals surface area contributed by atoms with Crippen molar-refractivity contribution in [2.45, 2.75) is 69.4 Å². The molecule has 0 spiro atoms. The zero-order valence-corrected chi connectivity index (χ0v) is 22.3. The molecule has 0 saturated heterocycles. The van der Waals surface area contributed by atoms with Gasteiger partial charge in [-0.25, -0.2) is 0 Å². The van der Waals surface area contributed by atoms with E-state index in [2.05, 4.69) is 11.8 Å². The minimum Gasteiger partial charge on any atom is -0.491 e. The maximum Gasteiger partial charge on any atom is 0.416 e. The summed E-state index contributed by atoms with van der Waals surface area (Å²) in [6, 6.07) is 4.38. The normalized spacial score (nSPS) is 21.9. The number of unbranched alkanes of at least 4 members (excludes halogenated alkanes) is 1. The number of aliphatic hydroxyl groups excluding tert-OH is 3. The van der Waals surface area contributed by atoms with Crippen molar-refractivity contribution in [3.05, 3.63) is 54.1 Å². The Morgan fingerprint density at radius 2 is 1.85 bits per heavy atom. The van der Waals surface area contributed by atoms with Gasteiger partial charge in [0.25, 0.3) is 0 Å². The van der Waals surface area contributed by atoms with E-state index in [9.17, 15) is 33.3 Å². The van der Waals surface area contributed by atoms with E-state index in [1.807, 2.05) is 12.2 Å². The number of halogens is 3. The van der Waals surface area contributed by atoms with Crippen molar-refractivity contribution >= 4 is 5.97 Å². The average molecular weight is 563 g/mol. The van der Waals surface area contributed by atoms with Gasteiger partial charge in [0, 0.05) is 37.5 Å². The minimum absolute atomic E-state index is 0.0214. The van der Waals surface area contributed by atoms with Gasteiger partial charge in [-0.05, 0) is 43.4 Å². The highest BCUT2D eigenvalue weighted by Crippen LogP contribution is 2.36. The lowest BCUT2D eigenvalue weighted by atomic mass is 9.89. The van der Waals surface area contributed by atoms with Crippen LogP contribution >= 0.6 is 0 Å². The van der Waals surface area contributed by atoms with Gasteiger partial charge in [0.1, 0.15) is 18.5 Å². The molecule has 0 radical (unpaired) electrons. The van der Waals surface area contributed by atoms with Crippen molar-refractivity contribution in [3.63, 3.8) is 0 Å². The molecule has 1 saturated carbocycles. The van der Waals surface area contributed by atoms with Gasteiger partial charge in [0.15, 0.2) is 0 Å². The van der Waals surface area contributed by atoms with E-state index in [-0.39, 0.29) is 49.6 Å². The molecule has 0 amide bonds. The molecular formula is C31H37F3O6. The molecule has 5 atom stereocenters. The summed E-state index contributed by atoms with van der Waals surface area (Å²) < 4.78 is 49.1. The highest BCUT2D eigenvalue weighted by molar-refractivity contribution is 5.69. The largest absolute Gasteiger partial charge is 0.491 e. The molecule has 40 heavy (non-hydrogen) atoms. The quantitative estimate of drug-likeness (QED) is 0.124. The summed E-state index contributed by atoms with van der Waals surface area (Å²) in [6.07, 6.45) is 13.3. The van der Waals surface area contributed by atoms with E-state index in [1.54, 1.807) is 6.08 Å². The SMILES string of the molecule is C#CCC(CC#C)COC(=O)CCC/C=C\C[C@@H]1[C@@H](/C=C/C(O)COc2cccc(C(F)(F)F)c2)[C@H](O)C[C@@H]1O. The Kier molecular flexibility index (Phi) is 13.8. The first kappa shape index (κ1) is 33.0. The molecule has 9 heteroatoms. The predicted molar refractivity (Wildman–Crippen MR) is 145 cm³/mol. The van der Waals surface area contributed by atoms with E-state index in [0.29, 0.717) is 32.1 Å². The molecule has 2 rings (SSSR count). The average Bonchev–Trinajstić information content (AvgIpc) is 3.18. The lowest BCUT2D eigenvalue weighted by Crippen LogP contribution is -2.21. The van der Waals surface area contributed by atoms with Crippen molar-refractivity contribution in [1.82, 2.24) is 0 Å². The Morgan fingerprint density at radius 1 is 1.12 bits per heavy atom. The first-order valence-electron chi connectivity index (χ1n) is 13.2. The molecule has 3 N–H and O–H groups in total. The van der Waals surface area contributed by atoms with E-state index in [1.165, 1.54) is 18.2 Å². The molecular weight excluding hydrogens is 525 g/mol. The first-order chi connectivity index (χ1) is 19.0. The van der Waals surface area contributed by atoms with Gasteiger partial charge in [-0.1, -0.05) is 30.4 Å². The number of allylic oxidation sites excluding steroid dienone is 2. The Labute approximate surface area is 233 Å². The summed E-state index contributed by atoms with van der Waals surface area (Å²) in [5, 5.41) is 31.0. The van der Waals surface area contributed by atoms with Crippen LogP contribution in [-0.4, -0.2) is 52.8 Å². The topological polar surface area (TPSA) is 96.2 Å². The van der Waals surface area contributed by atoms with Gasteiger partial charge >= 0.3 is 12.1 Å². The zero-order chi connectivity index (χ0) is 29.5. The maximum atomic E-state index is 12.8. The molecule has 6 nitrogen and oxygen atoms in total. The number of benzene rings is 1. The number of esters is 1. The van der Waals surface area contributed by atoms with Gasteiger partial charge in [0.2, 0.25) is 0 Å². The maximum absolute atomic E-state index is 12.8. The lowest BCUT2D eigenvalue weighted by molar-refractivity contribution is -0.145. The van der Waals surface area contributed by atoms with Crippen LogP contribution in [0.4, 0.5) is 13.2 Å². The molecule has 0 aromatic heterocycles. The Morgan fingerprint density at radius 3 is 2.52 bits per heavy atom. The molecule has 0 heterocycles. The summed E-state index contributed by atoms with van der Waals surface area (Å²) in [5.74, 6) is 3.96. The molecule has 1 unspecified atom stereocenters. The second-order valence-electron chi connectivity index (χ2n) is 9.87. The lowest BCUT2D eigenvalue weighted by Gasteiger charge is -2.19. The van der Waals surface area contributed by atoms with Crippen LogP contribution in [0, 0.1) is 42.4 Å². The summed E-state index contributed by atoms with van der Waals surface area (Å²) in [5.41, 5.74) is -0.848. The zero-order valence-electron chi connectivity index (χ0n) is 22.3. The Balaban J connectivity index is 1.77. The third-order valence-corrected chi connectivity index (χ3v) is 6.67. The van der Waals surface area contributed by atoms with Gasteiger partial charge in [0.05, 0.1) is 24.4 Å². The van der Waals surface area contributed by atoms with Crippen LogP contribution in [0.5, 0.6) is 5.75 Å². The molecule has 1 fully saturated rings. The van der Waals surface area contributed by atoms with Gasteiger partial charge in [-0.15, -0.1) is 24.7 Å². The smallest absolute Gasteiger partial charge is 0.416 e. The summed E-state index contributed by atoms with van der Waals surface area (Å²) in [6.45, 7) is -0.0728. The highest BCUT2D eigenvalue weighted by atomic mass is 19.4. The minimum atomic E-state index is -4.50. The van der Waals surface area contributed by atoms with Crippen LogP contribution in [0.15, 0.2) is 48.6 Å². The third-order valence-electron chi connectivity index (χ3n) is 6.67. The van der Waals surface area contributed by atoms with Crippen LogP contribution in [-0.2, 0) is 15.7 Å². The number of alkyl halides is 3. The molecule has 218 valence electrons. The molecule has 1 aromatic rings. The summed E-state index contributed by atoms with van der Waals surface area (Å²) in [7, 11) is 0. The highest BCUT2D eigenvalue weighted by Gasteiger charge is 2.39. The third kappa shape index (κ3) is 11.5. The predicted octanol–water partition coefficient (Wildman–Crippen LogP) is 4.68. The number of rotatable bonds is 15. The van der Waals surface area contributed by atoms with Crippen molar-refractivity contribution in [1.29, 1.82) is 0 Å². The van der Waals surface area contributed by atoms with Crippen LogP contribution < -0.4 is 4.74 Å². The van der Waals surface area contributed by atoms with E-state index >= 15 is 0 Å². The molecule has 0 aliphatic heterocycles. The molecule has 1 aliphatic carbocycles. The van der Waals surface area contributed by atoms with Crippen molar-refractivity contribution < 1.29 is 42.8 Å².